The maximum absolute atomic E-state index is 14.5. The van der Waals surface area contributed by atoms with Crippen LogP contribution >= 0.6 is 12.4 Å². The molecule has 1 aromatic rings. The van der Waals surface area contributed by atoms with Crippen LogP contribution in [0.4, 0.5) is 10.1 Å². The van der Waals surface area contributed by atoms with E-state index in [1.54, 1.807) is 12.1 Å². The van der Waals surface area contributed by atoms with Crippen molar-refractivity contribution in [1.82, 2.24) is 5.32 Å². The van der Waals surface area contributed by atoms with Gasteiger partial charge in [-0.05, 0) is 37.9 Å². The fraction of sp³-hybridized carbons (Fsp3) is 0.588. The summed E-state index contributed by atoms with van der Waals surface area (Å²) in [6.45, 7) is 2.34. The minimum atomic E-state index is -0.130. The van der Waals surface area contributed by atoms with E-state index in [0.29, 0.717) is 6.54 Å². The molecule has 1 unspecified atom stereocenters. The van der Waals surface area contributed by atoms with E-state index in [1.807, 2.05) is 11.0 Å². The van der Waals surface area contributed by atoms with E-state index < -0.39 is 0 Å². The van der Waals surface area contributed by atoms with Crippen LogP contribution in [0.5, 0.6) is 0 Å². The minimum Gasteiger partial charge on any atom is -0.316 e. The number of benzene rings is 1. The van der Waals surface area contributed by atoms with Crippen molar-refractivity contribution in [1.29, 1.82) is 0 Å². The molecule has 1 atom stereocenters. The number of carbonyl (C=O) groups is 1. The number of anilines is 1. The van der Waals surface area contributed by atoms with Crippen LogP contribution in [0.15, 0.2) is 18.2 Å². The first-order valence-corrected chi connectivity index (χ1v) is 8.02. The molecule has 120 valence electrons. The predicted molar refractivity (Wildman–Crippen MR) is 87.1 cm³/mol. The highest BCUT2D eigenvalue weighted by atomic mass is 35.5. The summed E-state index contributed by atoms with van der Waals surface area (Å²) in [6.07, 6.45) is 5.19. The summed E-state index contributed by atoms with van der Waals surface area (Å²) in [4.78, 5) is 14.7. The summed E-state index contributed by atoms with van der Waals surface area (Å²) in [6, 6.07) is 5.20. The Morgan fingerprint density at radius 1 is 1.32 bits per heavy atom. The fourth-order valence-electron chi connectivity index (χ4n) is 4.47. The SMILES string of the molecule is Cl.O=C(C1CCNC1)N1CC2(CCCC2)c2c(F)cccc21. The molecule has 0 aromatic heterocycles. The van der Waals surface area contributed by atoms with E-state index in [2.05, 4.69) is 5.32 Å². The standard InChI is InChI=1S/C17H21FN2O.ClH/c18-13-4-3-5-14-15(13)17(7-1-2-8-17)11-20(14)16(21)12-6-9-19-10-12;/h3-5,12,19H,1-2,6-11H2;1H. The van der Waals surface area contributed by atoms with E-state index in [-0.39, 0.29) is 35.5 Å². The lowest BCUT2D eigenvalue weighted by Gasteiger charge is -2.26. The molecule has 3 nitrogen and oxygen atoms in total. The number of halogens is 2. The molecule has 1 saturated heterocycles. The van der Waals surface area contributed by atoms with Gasteiger partial charge in [0.05, 0.1) is 11.6 Å². The maximum atomic E-state index is 14.5. The second kappa shape index (κ2) is 5.82. The largest absolute Gasteiger partial charge is 0.316 e. The molecule has 22 heavy (non-hydrogen) atoms. The van der Waals surface area contributed by atoms with Crippen LogP contribution in [-0.2, 0) is 10.2 Å². The topological polar surface area (TPSA) is 32.3 Å². The zero-order valence-electron chi connectivity index (χ0n) is 12.6. The molecule has 2 fully saturated rings. The highest BCUT2D eigenvalue weighted by Gasteiger charge is 2.48. The minimum absolute atomic E-state index is 0. The molecule has 2 aliphatic heterocycles. The first-order valence-electron chi connectivity index (χ1n) is 8.02. The number of fused-ring (bicyclic) bond motifs is 2. The van der Waals surface area contributed by atoms with Crippen molar-refractivity contribution in [3.8, 4) is 0 Å². The molecule has 3 aliphatic rings. The van der Waals surface area contributed by atoms with Crippen LogP contribution in [0.25, 0.3) is 0 Å². The van der Waals surface area contributed by atoms with Gasteiger partial charge in [0.1, 0.15) is 5.82 Å². The Morgan fingerprint density at radius 2 is 2.09 bits per heavy atom. The summed E-state index contributed by atoms with van der Waals surface area (Å²) >= 11 is 0. The second-order valence-electron chi connectivity index (χ2n) is 6.74. The van der Waals surface area contributed by atoms with Crippen molar-refractivity contribution in [2.75, 3.05) is 24.5 Å². The third-order valence-corrected chi connectivity index (χ3v) is 5.51. The fourth-order valence-corrected chi connectivity index (χ4v) is 4.47. The molecule has 1 aromatic carbocycles. The summed E-state index contributed by atoms with van der Waals surface area (Å²) in [5, 5.41) is 3.25. The first kappa shape index (κ1) is 15.8. The Morgan fingerprint density at radius 3 is 2.77 bits per heavy atom. The molecule has 1 amide bonds. The van der Waals surface area contributed by atoms with E-state index in [1.165, 1.54) is 0 Å². The lowest BCUT2D eigenvalue weighted by Crippen LogP contribution is -2.39. The lowest BCUT2D eigenvalue weighted by molar-refractivity contribution is -0.121. The predicted octanol–water partition coefficient (Wildman–Crippen LogP) is 3.02. The third-order valence-electron chi connectivity index (χ3n) is 5.51. The smallest absolute Gasteiger partial charge is 0.231 e. The Balaban J connectivity index is 0.00000144. The second-order valence-corrected chi connectivity index (χ2v) is 6.74. The van der Waals surface area contributed by atoms with Gasteiger partial charge in [0.15, 0.2) is 0 Å². The number of hydrogen-bond acceptors (Lipinski definition) is 2. The summed E-state index contributed by atoms with van der Waals surface area (Å²) in [5.41, 5.74) is 1.51. The third kappa shape index (κ3) is 2.24. The van der Waals surface area contributed by atoms with Crippen molar-refractivity contribution in [3.05, 3.63) is 29.6 Å². The summed E-state index contributed by atoms with van der Waals surface area (Å²) in [5.74, 6) is 0.0996. The monoisotopic (exact) mass is 324 g/mol. The van der Waals surface area contributed by atoms with Crippen LogP contribution in [0, 0.1) is 11.7 Å². The highest BCUT2D eigenvalue weighted by molar-refractivity contribution is 5.98. The summed E-state index contributed by atoms with van der Waals surface area (Å²) < 4.78 is 14.5. The molecule has 1 N–H and O–H groups in total. The van der Waals surface area contributed by atoms with Gasteiger partial charge in [0.2, 0.25) is 5.91 Å². The maximum Gasteiger partial charge on any atom is 0.231 e. The van der Waals surface area contributed by atoms with E-state index in [4.69, 9.17) is 0 Å². The number of carbonyl (C=O) groups excluding carboxylic acids is 1. The number of rotatable bonds is 1. The van der Waals surface area contributed by atoms with Crippen LogP contribution in [-0.4, -0.2) is 25.5 Å². The molecule has 1 spiro atoms. The Kier molecular flexibility index (Phi) is 4.17. The van der Waals surface area contributed by atoms with Gasteiger partial charge in [-0.3, -0.25) is 4.79 Å². The molecule has 4 rings (SSSR count). The Bertz CT molecular complexity index is 580. The number of amides is 1. The molecule has 5 heteroatoms. The number of hydrogen-bond donors (Lipinski definition) is 1. The Labute approximate surface area is 136 Å². The number of nitrogens with zero attached hydrogens (tertiary/aromatic N) is 1. The van der Waals surface area contributed by atoms with Gasteiger partial charge in [-0.1, -0.05) is 18.9 Å². The average Bonchev–Trinajstić information content (AvgIpc) is 3.21. The molecule has 0 bridgehead atoms. The average molecular weight is 325 g/mol. The van der Waals surface area contributed by atoms with E-state index in [0.717, 1.165) is 56.4 Å². The zero-order chi connectivity index (χ0) is 14.4. The molecule has 0 radical (unpaired) electrons. The quantitative estimate of drug-likeness (QED) is 0.861. The van der Waals surface area contributed by atoms with Crippen molar-refractivity contribution < 1.29 is 9.18 Å². The zero-order valence-corrected chi connectivity index (χ0v) is 13.4. The van der Waals surface area contributed by atoms with Crippen molar-refractivity contribution in [3.63, 3.8) is 0 Å². The molecule has 1 aliphatic carbocycles. The van der Waals surface area contributed by atoms with E-state index >= 15 is 0 Å². The van der Waals surface area contributed by atoms with Crippen LogP contribution in [0.3, 0.4) is 0 Å². The molecular weight excluding hydrogens is 303 g/mol. The summed E-state index contributed by atoms with van der Waals surface area (Å²) in [7, 11) is 0. The van der Waals surface area contributed by atoms with Gasteiger partial charge < -0.3 is 10.2 Å². The Hall–Kier alpha value is -1.13. The van der Waals surface area contributed by atoms with Crippen molar-refractivity contribution in [2.24, 2.45) is 5.92 Å². The molecular formula is C17H22ClFN2O. The van der Waals surface area contributed by atoms with Crippen LogP contribution in [0.2, 0.25) is 0 Å². The van der Waals surface area contributed by atoms with Gasteiger partial charge in [-0.15, -0.1) is 12.4 Å². The first-order chi connectivity index (χ1) is 10.2. The number of nitrogens with one attached hydrogen (secondary N) is 1. The van der Waals surface area contributed by atoms with Crippen LogP contribution < -0.4 is 10.2 Å². The van der Waals surface area contributed by atoms with Crippen molar-refractivity contribution in [2.45, 2.75) is 37.5 Å². The van der Waals surface area contributed by atoms with Gasteiger partial charge in [0.25, 0.3) is 0 Å². The van der Waals surface area contributed by atoms with Crippen LogP contribution in [0.1, 0.15) is 37.7 Å². The van der Waals surface area contributed by atoms with Gasteiger partial charge in [-0.2, -0.15) is 0 Å². The highest BCUT2D eigenvalue weighted by Crippen LogP contribution is 2.51. The normalized spacial score (nSPS) is 25.3. The van der Waals surface area contributed by atoms with Gasteiger partial charge in [0, 0.05) is 24.1 Å². The van der Waals surface area contributed by atoms with E-state index in [9.17, 15) is 9.18 Å². The lowest BCUT2D eigenvalue weighted by atomic mass is 9.80. The van der Waals surface area contributed by atoms with Gasteiger partial charge >= 0.3 is 0 Å². The molecule has 2 heterocycles. The van der Waals surface area contributed by atoms with Crippen molar-refractivity contribution >= 4 is 24.0 Å². The van der Waals surface area contributed by atoms with Gasteiger partial charge in [-0.25, -0.2) is 4.39 Å². The molecule has 1 saturated carbocycles.